The second-order valence-corrected chi connectivity index (χ2v) is 11.8. The number of amides is 1. The van der Waals surface area contributed by atoms with Gasteiger partial charge in [-0.15, -0.1) is 0 Å². The van der Waals surface area contributed by atoms with Crippen LogP contribution in [-0.2, 0) is 19.2 Å². The Morgan fingerprint density at radius 3 is 2.56 bits per heavy atom. The normalized spacial score (nSPS) is 32.6. The van der Waals surface area contributed by atoms with Gasteiger partial charge in [-0.2, -0.15) is 5.06 Å². The number of hydroxylamine groups is 2. The molecule has 2 aromatic rings. The fraction of sp³-hybridized carbons (Fsp3) is 0.516. The van der Waals surface area contributed by atoms with Gasteiger partial charge in [-0.25, -0.2) is 0 Å². The van der Waals surface area contributed by atoms with Gasteiger partial charge in [0.1, 0.15) is 11.9 Å². The Balaban J connectivity index is 1.30. The van der Waals surface area contributed by atoms with Crippen LogP contribution in [0.25, 0.3) is 0 Å². The summed E-state index contributed by atoms with van der Waals surface area (Å²) >= 11 is 0. The Morgan fingerprint density at radius 1 is 1.03 bits per heavy atom. The van der Waals surface area contributed by atoms with Crippen molar-refractivity contribution in [2.45, 2.75) is 77.0 Å². The summed E-state index contributed by atoms with van der Waals surface area (Å²) in [7, 11) is 0. The molecule has 1 heterocycles. The first-order valence-corrected chi connectivity index (χ1v) is 13.9. The molecule has 2 unspecified atom stereocenters. The van der Waals surface area contributed by atoms with Crippen LogP contribution < -0.4 is 4.74 Å². The Labute approximate surface area is 228 Å². The third-order valence-corrected chi connectivity index (χ3v) is 9.68. The van der Waals surface area contributed by atoms with Gasteiger partial charge in [0.25, 0.3) is 5.91 Å². The summed E-state index contributed by atoms with van der Waals surface area (Å²) in [6.45, 7) is 5.35. The maximum absolute atomic E-state index is 13.0. The van der Waals surface area contributed by atoms with Crippen molar-refractivity contribution in [3.63, 3.8) is 0 Å². The maximum atomic E-state index is 13.0. The van der Waals surface area contributed by atoms with E-state index in [1.54, 1.807) is 24.3 Å². The summed E-state index contributed by atoms with van der Waals surface area (Å²) in [6, 6.07) is 12.8. The first-order chi connectivity index (χ1) is 18.7. The number of carbonyl (C=O) groups excluding carboxylic acids is 3. The monoisotopic (exact) mass is 533 g/mol. The number of rotatable bonds is 5. The molecule has 2 aromatic carbocycles. The molecule has 39 heavy (non-hydrogen) atoms. The Kier molecular flexibility index (Phi) is 6.50. The van der Waals surface area contributed by atoms with Crippen molar-refractivity contribution in [2.24, 2.45) is 17.3 Å². The molecule has 0 aromatic heterocycles. The molecule has 0 spiro atoms. The standard InChI is InChI=1S/C31H35NO7/c1-17(33)38-20-8-9-21-22-12-13-31(3)27(10-11-28(31)39-18(2)34)26(22)14-19(25(21)15-20)16-37-32-29(35)23-6-4-5-7-24(23)30(32)36/h4-9,15,19,22,26-29,35H,10-14,16H2,1-3H3/t19-,22+,26+,27+,28?,29?,31-/m0/s1. The minimum Gasteiger partial charge on any atom is -0.462 e. The zero-order valence-electron chi connectivity index (χ0n) is 22.6. The molecular formula is C31H35NO7. The third-order valence-electron chi connectivity index (χ3n) is 9.68. The number of ether oxygens (including phenoxy) is 2. The molecule has 0 radical (unpaired) electrons. The number of nitrogens with zero attached hydrogens (tertiary/aromatic N) is 1. The van der Waals surface area contributed by atoms with Gasteiger partial charge in [0, 0.05) is 36.3 Å². The molecule has 8 heteroatoms. The molecule has 1 N–H and O–H groups in total. The van der Waals surface area contributed by atoms with Gasteiger partial charge < -0.3 is 14.6 Å². The first kappa shape index (κ1) is 26.0. The van der Waals surface area contributed by atoms with Crippen LogP contribution in [0.1, 0.15) is 98.0 Å². The molecule has 2 fully saturated rings. The maximum Gasteiger partial charge on any atom is 0.308 e. The zero-order valence-corrected chi connectivity index (χ0v) is 22.6. The lowest BCUT2D eigenvalue weighted by Crippen LogP contribution is -2.46. The fourth-order valence-corrected chi connectivity index (χ4v) is 8.01. The largest absolute Gasteiger partial charge is 0.462 e. The highest BCUT2D eigenvalue weighted by Gasteiger charge is 2.57. The van der Waals surface area contributed by atoms with Crippen LogP contribution in [0.3, 0.4) is 0 Å². The average molecular weight is 534 g/mol. The molecule has 7 atom stereocenters. The number of aliphatic hydroxyl groups is 1. The number of esters is 2. The minimum absolute atomic E-state index is 0.0701. The molecule has 206 valence electrons. The number of hydrogen-bond donors (Lipinski definition) is 1. The van der Waals surface area contributed by atoms with E-state index in [0.29, 0.717) is 34.6 Å². The van der Waals surface area contributed by atoms with E-state index >= 15 is 0 Å². The van der Waals surface area contributed by atoms with Gasteiger partial charge in [0.2, 0.25) is 0 Å². The van der Waals surface area contributed by atoms with E-state index < -0.39 is 6.23 Å². The summed E-state index contributed by atoms with van der Waals surface area (Å²) in [5.41, 5.74) is 3.19. The van der Waals surface area contributed by atoms with Crippen LogP contribution in [0, 0.1) is 17.3 Å². The van der Waals surface area contributed by atoms with E-state index in [9.17, 15) is 19.5 Å². The van der Waals surface area contributed by atoms with E-state index in [-0.39, 0.29) is 41.9 Å². The van der Waals surface area contributed by atoms with Crippen LogP contribution in [0.4, 0.5) is 0 Å². The fourth-order valence-electron chi connectivity index (χ4n) is 8.01. The van der Waals surface area contributed by atoms with Gasteiger partial charge in [0.05, 0.1) is 6.61 Å². The number of carbonyl (C=O) groups is 3. The highest BCUT2D eigenvalue weighted by atomic mass is 16.7. The minimum atomic E-state index is -1.16. The van der Waals surface area contributed by atoms with Crippen molar-refractivity contribution < 1.29 is 33.8 Å². The van der Waals surface area contributed by atoms with Crippen molar-refractivity contribution in [2.75, 3.05) is 6.61 Å². The van der Waals surface area contributed by atoms with Gasteiger partial charge in [-0.1, -0.05) is 31.2 Å². The SMILES string of the molecule is CC(=O)Oc1ccc2c(c1)[C@H](CON1C(=O)c3ccccc3C1O)C[C@@H]1[C@@H]2CC[C@]2(C)C(OC(C)=O)CC[C@H]12. The summed E-state index contributed by atoms with van der Waals surface area (Å²) < 4.78 is 11.2. The predicted octanol–water partition coefficient (Wildman–Crippen LogP) is 5.02. The van der Waals surface area contributed by atoms with Crippen LogP contribution in [0.2, 0.25) is 0 Å². The molecule has 1 aliphatic heterocycles. The van der Waals surface area contributed by atoms with Crippen molar-refractivity contribution in [3.8, 4) is 5.75 Å². The second-order valence-electron chi connectivity index (χ2n) is 11.8. The Hall–Kier alpha value is -3.23. The number of hydrogen-bond acceptors (Lipinski definition) is 7. The van der Waals surface area contributed by atoms with E-state index in [0.717, 1.165) is 42.7 Å². The van der Waals surface area contributed by atoms with Crippen LogP contribution in [0.5, 0.6) is 5.75 Å². The molecule has 3 aliphatic carbocycles. The molecule has 0 saturated heterocycles. The second kappa shape index (κ2) is 9.75. The number of benzene rings is 2. The molecular weight excluding hydrogens is 498 g/mol. The Bertz CT molecular complexity index is 1320. The van der Waals surface area contributed by atoms with Gasteiger partial charge in [0.15, 0.2) is 6.23 Å². The summed E-state index contributed by atoms with van der Waals surface area (Å²) in [5.74, 6) is 0.564. The van der Waals surface area contributed by atoms with Crippen molar-refractivity contribution in [1.29, 1.82) is 0 Å². The number of fused-ring (bicyclic) bond motifs is 6. The molecule has 8 nitrogen and oxygen atoms in total. The van der Waals surface area contributed by atoms with E-state index in [4.69, 9.17) is 14.3 Å². The highest BCUT2D eigenvalue weighted by Crippen LogP contribution is 2.63. The van der Waals surface area contributed by atoms with E-state index in [2.05, 4.69) is 13.0 Å². The molecule has 4 aliphatic rings. The first-order valence-electron chi connectivity index (χ1n) is 13.9. The Morgan fingerprint density at radius 2 is 1.82 bits per heavy atom. The van der Waals surface area contributed by atoms with Gasteiger partial charge in [-0.05, 0) is 79.2 Å². The molecule has 1 amide bonds. The summed E-state index contributed by atoms with van der Waals surface area (Å²) in [6.07, 6.45) is 3.45. The van der Waals surface area contributed by atoms with Crippen molar-refractivity contribution >= 4 is 17.8 Å². The predicted molar refractivity (Wildman–Crippen MR) is 140 cm³/mol. The summed E-state index contributed by atoms with van der Waals surface area (Å²) in [5, 5.41) is 11.9. The lowest BCUT2D eigenvalue weighted by atomic mass is 9.54. The van der Waals surface area contributed by atoms with Crippen LogP contribution in [0.15, 0.2) is 42.5 Å². The van der Waals surface area contributed by atoms with Crippen molar-refractivity contribution in [1.82, 2.24) is 5.06 Å². The van der Waals surface area contributed by atoms with E-state index in [1.807, 2.05) is 12.1 Å². The van der Waals surface area contributed by atoms with Crippen LogP contribution in [-0.4, -0.2) is 40.7 Å². The topological polar surface area (TPSA) is 102 Å². The molecule has 0 bridgehead atoms. The quantitative estimate of drug-likeness (QED) is 0.425. The van der Waals surface area contributed by atoms with Crippen LogP contribution >= 0.6 is 0 Å². The van der Waals surface area contributed by atoms with Gasteiger partial charge in [-0.3, -0.25) is 19.2 Å². The number of aliphatic hydroxyl groups excluding tert-OH is 1. The third kappa shape index (κ3) is 4.34. The highest BCUT2D eigenvalue weighted by molar-refractivity contribution is 5.98. The summed E-state index contributed by atoms with van der Waals surface area (Å²) in [4.78, 5) is 42.6. The zero-order chi connectivity index (χ0) is 27.5. The lowest BCUT2D eigenvalue weighted by Gasteiger charge is -2.51. The average Bonchev–Trinajstić information content (AvgIpc) is 3.35. The molecule has 6 rings (SSSR count). The van der Waals surface area contributed by atoms with E-state index in [1.165, 1.54) is 19.4 Å². The smallest absolute Gasteiger partial charge is 0.308 e. The van der Waals surface area contributed by atoms with Crippen molar-refractivity contribution in [3.05, 3.63) is 64.7 Å². The lowest BCUT2D eigenvalue weighted by molar-refractivity contribution is -0.203. The molecule has 2 saturated carbocycles. The van der Waals surface area contributed by atoms with Gasteiger partial charge >= 0.3 is 11.9 Å².